The molecule has 0 radical (unpaired) electrons. The first-order valence-corrected chi connectivity index (χ1v) is 6.34. The molecule has 0 spiro atoms. The largest absolute Gasteiger partial charge is 0.464 e. The van der Waals surface area contributed by atoms with Gasteiger partial charge in [0.2, 0.25) is 5.95 Å². The van der Waals surface area contributed by atoms with E-state index in [4.69, 9.17) is 0 Å². The van der Waals surface area contributed by atoms with Crippen molar-refractivity contribution in [2.24, 2.45) is 0 Å². The van der Waals surface area contributed by atoms with Crippen molar-refractivity contribution in [3.8, 4) is 0 Å². The predicted molar refractivity (Wildman–Crippen MR) is 75.5 cm³/mol. The number of nitrogens with one attached hydrogen (secondary N) is 1. The maximum absolute atomic E-state index is 11.5. The Morgan fingerprint density at radius 2 is 1.95 bits per heavy atom. The molecule has 0 atom stereocenters. The molecule has 0 aliphatic rings. The number of anilines is 2. The Hall–Kier alpha value is -1.95. The van der Waals surface area contributed by atoms with Crippen LogP contribution in [0.5, 0.6) is 0 Å². The standard InChI is InChI=1S/C13H12BrN3O2/c1-8-7-11(12(18)19-2)17-13(15-8)16-10-5-3-9(14)4-6-10/h3-7H,1-2H3,(H,15,16,17). The van der Waals surface area contributed by atoms with Gasteiger partial charge in [-0.1, -0.05) is 15.9 Å². The Morgan fingerprint density at radius 1 is 1.26 bits per heavy atom. The van der Waals surface area contributed by atoms with Crippen LogP contribution in [0, 0.1) is 6.92 Å². The molecule has 2 aromatic rings. The fourth-order valence-corrected chi connectivity index (χ4v) is 1.76. The third kappa shape index (κ3) is 3.51. The molecular weight excluding hydrogens is 310 g/mol. The average Bonchev–Trinajstić information content (AvgIpc) is 2.40. The highest BCUT2D eigenvalue weighted by molar-refractivity contribution is 9.10. The summed E-state index contributed by atoms with van der Waals surface area (Å²) in [4.78, 5) is 19.8. The first-order chi connectivity index (χ1) is 9.08. The lowest BCUT2D eigenvalue weighted by Crippen LogP contribution is -2.08. The van der Waals surface area contributed by atoms with E-state index in [1.807, 2.05) is 24.3 Å². The number of methoxy groups -OCH3 is 1. The van der Waals surface area contributed by atoms with Crippen LogP contribution in [0.2, 0.25) is 0 Å². The van der Waals surface area contributed by atoms with Crippen LogP contribution in [0.25, 0.3) is 0 Å². The van der Waals surface area contributed by atoms with Crippen molar-refractivity contribution < 1.29 is 9.53 Å². The van der Waals surface area contributed by atoms with Crippen LogP contribution in [-0.4, -0.2) is 23.0 Å². The van der Waals surface area contributed by atoms with Crippen LogP contribution in [0.3, 0.4) is 0 Å². The molecule has 0 aliphatic carbocycles. The lowest BCUT2D eigenvalue weighted by molar-refractivity contribution is 0.0594. The van der Waals surface area contributed by atoms with Crippen LogP contribution in [0.15, 0.2) is 34.8 Å². The number of carbonyl (C=O) groups excluding carboxylic acids is 1. The van der Waals surface area contributed by atoms with Gasteiger partial charge < -0.3 is 10.1 Å². The van der Waals surface area contributed by atoms with Crippen LogP contribution >= 0.6 is 15.9 Å². The smallest absolute Gasteiger partial charge is 0.356 e. The predicted octanol–water partition coefficient (Wildman–Crippen LogP) is 3.08. The van der Waals surface area contributed by atoms with Gasteiger partial charge in [-0.3, -0.25) is 0 Å². The van der Waals surface area contributed by atoms with Crippen molar-refractivity contribution in [2.75, 3.05) is 12.4 Å². The Kier molecular flexibility index (Phi) is 4.11. The second-order valence-electron chi connectivity index (χ2n) is 3.84. The first-order valence-electron chi connectivity index (χ1n) is 5.55. The van der Waals surface area contributed by atoms with Crippen molar-refractivity contribution in [1.29, 1.82) is 0 Å². The third-order valence-corrected chi connectivity index (χ3v) is 2.88. The fourth-order valence-electron chi connectivity index (χ4n) is 1.50. The van der Waals surface area contributed by atoms with E-state index in [1.165, 1.54) is 7.11 Å². The van der Waals surface area contributed by atoms with E-state index in [-0.39, 0.29) is 5.69 Å². The number of rotatable bonds is 3. The number of benzene rings is 1. The molecule has 0 aliphatic heterocycles. The van der Waals surface area contributed by atoms with Gasteiger partial charge in [0.05, 0.1) is 7.11 Å². The van der Waals surface area contributed by atoms with Crippen LogP contribution in [0.4, 0.5) is 11.6 Å². The van der Waals surface area contributed by atoms with E-state index in [1.54, 1.807) is 13.0 Å². The first kappa shape index (κ1) is 13.5. The molecule has 19 heavy (non-hydrogen) atoms. The fraction of sp³-hybridized carbons (Fsp3) is 0.154. The van der Waals surface area contributed by atoms with E-state index >= 15 is 0 Å². The van der Waals surface area contributed by atoms with Crippen LogP contribution < -0.4 is 5.32 Å². The molecule has 1 aromatic carbocycles. The van der Waals surface area contributed by atoms with E-state index < -0.39 is 5.97 Å². The number of esters is 1. The van der Waals surface area contributed by atoms with Gasteiger partial charge in [-0.05, 0) is 37.3 Å². The highest BCUT2D eigenvalue weighted by Crippen LogP contribution is 2.17. The summed E-state index contributed by atoms with van der Waals surface area (Å²) in [7, 11) is 1.32. The van der Waals surface area contributed by atoms with Crippen molar-refractivity contribution in [3.05, 3.63) is 46.2 Å². The van der Waals surface area contributed by atoms with Gasteiger partial charge >= 0.3 is 5.97 Å². The SMILES string of the molecule is COC(=O)c1cc(C)nc(Nc2ccc(Br)cc2)n1. The van der Waals surface area contributed by atoms with Gasteiger partial charge in [-0.2, -0.15) is 0 Å². The molecule has 2 rings (SSSR count). The molecule has 0 amide bonds. The number of hydrogen-bond donors (Lipinski definition) is 1. The molecule has 1 N–H and O–H groups in total. The van der Waals surface area contributed by atoms with E-state index in [0.29, 0.717) is 11.6 Å². The molecule has 0 saturated carbocycles. The molecule has 6 heteroatoms. The molecule has 1 heterocycles. The zero-order valence-corrected chi connectivity index (χ0v) is 12.1. The Labute approximate surface area is 119 Å². The minimum atomic E-state index is -0.482. The minimum Gasteiger partial charge on any atom is -0.464 e. The maximum atomic E-state index is 11.5. The lowest BCUT2D eigenvalue weighted by atomic mass is 10.3. The summed E-state index contributed by atoms with van der Waals surface area (Å²) in [6.45, 7) is 1.79. The summed E-state index contributed by atoms with van der Waals surface area (Å²) in [6, 6.07) is 9.15. The second kappa shape index (κ2) is 5.79. The number of ether oxygens (including phenoxy) is 1. The number of hydrogen-bond acceptors (Lipinski definition) is 5. The van der Waals surface area contributed by atoms with Gasteiger partial charge in [0.1, 0.15) is 0 Å². The molecule has 0 bridgehead atoms. The van der Waals surface area contributed by atoms with Crippen molar-refractivity contribution in [3.63, 3.8) is 0 Å². The summed E-state index contributed by atoms with van der Waals surface area (Å²) in [5.74, 6) is -0.118. The number of aromatic nitrogens is 2. The summed E-state index contributed by atoms with van der Waals surface area (Å²) in [6.07, 6.45) is 0. The quantitative estimate of drug-likeness (QED) is 0.880. The Balaban J connectivity index is 2.27. The highest BCUT2D eigenvalue weighted by Gasteiger charge is 2.10. The normalized spacial score (nSPS) is 10.1. The maximum Gasteiger partial charge on any atom is 0.356 e. The average molecular weight is 322 g/mol. The Bertz CT molecular complexity index is 599. The zero-order chi connectivity index (χ0) is 13.8. The number of aryl methyl sites for hydroxylation is 1. The summed E-state index contributed by atoms with van der Waals surface area (Å²) in [5.41, 5.74) is 1.76. The van der Waals surface area contributed by atoms with Crippen molar-refractivity contribution in [1.82, 2.24) is 9.97 Å². The summed E-state index contributed by atoms with van der Waals surface area (Å²) >= 11 is 3.36. The monoisotopic (exact) mass is 321 g/mol. The molecule has 0 unspecified atom stereocenters. The Morgan fingerprint density at radius 3 is 2.58 bits per heavy atom. The minimum absolute atomic E-state index is 0.231. The van der Waals surface area contributed by atoms with Gasteiger partial charge in [0.15, 0.2) is 5.69 Å². The third-order valence-electron chi connectivity index (χ3n) is 2.35. The van der Waals surface area contributed by atoms with Crippen LogP contribution in [-0.2, 0) is 4.74 Å². The van der Waals surface area contributed by atoms with E-state index in [9.17, 15) is 4.79 Å². The molecule has 5 nitrogen and oxygen atoms in total. The summed E-state index contributed by atoms with van der Waals surface area (Å²) in [5, 5.41) is 3.04. The van der Waals surface area contributed by atoms with Crippen molar-refractivity contribution >= 4 is 33.5 Å². The van der Waals surface area contributed by atoms with E-state index in [2.05, 4.69) is 36.0 Å². The molecular formula is C13H12BrN3O2. The lowest BCUT2D eigenvalue weighted by Gasteiger charge is -2.07. The number of halogens is 1. The van der Waals surface area contributed by atoms with Gasteiger partial charge in [0.25, 0.3) is 0 Å². The number of carbonyl (C=O) groups is 1. The van der Waals surface area contributed by atoms with Crippen LogP contribution in [0.1, 0.15) is 16.2 Å². The van der Waals surface area contributed by atoms with Gasteiger partial charge in [-0.15, -0.1) is 0 Å². The van der Waals surface area contributed by atoms with Gasteiger partial charge in [-0.25, -0.2) is 14.8 Å². The van der Waals surface area contributed by atoms with Crippen molar-refractivity contribution in [2.45, 2.75) is 6.92 Å². The number of nitrogens with zero attached hydrogens (tertiary/aromatic N) is 2. The van der Waals surface area contributed by atoms with E-state index in [0.717, 1.165) is 10.2 Å². The molecule has 1 aromatic heterocycles. The molecule has 98 valence electrons. The molecule has 0 fully saturated rings. The topological polar surface area (TPSA) is 64.1 Å². The second-order valence-corrected chi connectivity index (χ2v) is 4.76. The van der Waals surface area contributed by atoms with Gasteiger partial charge in [0, 0.05) is 15.9 Å². The zero-order valence-electron chi connectivity index (χ0n) is 10.5. The summed E-state index contributed by atoms with van der Waals surface area (Å²) < 4.78 is 5.63. The molecule has 0 saturated heterocycles. The highest BCUT2D eigenvalue weighted by atomic mass is 79.9.